The zero-order chi connectivity index (χ0) is 9.84. The van der Waals surface area contributed by atoms with Gasteiger partial charge in [0.15, 0.2) is 0 Å². The summed E-state index contributed by atoms with van der Waals surface area (Å²) >= 11 is 3.19. The summed E-state index contributed by atoms with van der Waals surface area (Å²) in [5.74, 6) is -0.331. The van der Waals surface area contributed by atoms with Crippen molar-refractivity contribution < 1.29 is 9.90 Å². The second-order valence-electron chi connectivity index (χ2n) is 2.35. The summed E-state index contributed by atoms with van der Waals surface area (Å²) in [4.78, 5) is 10.9. The molecule has 4 heteroatoms. The first-order chi connectivity index (χ1) is 6.13. The van der Waals surface area contributed by atoms with Crippen LogP contribution in [0.2, 0.25) is 0 Å². The minimum absolute atomic E-state index is 0.0181. The molecule has 3 nitrogen and oxygen atoms in total. The fraction of sp³-hybridized carbons (Fsp3) is 0. The quantitative estimate of drug-likeness (QED) is 0.617. The van der Waals surface area contributed by atoms with Crippen molar-refractivity contribution in [3.8, 4) is 5.75 Å². The molecule has 1 aromatic carbocycles. The lowest BCUT2D eigenvalue weighted by atomic mass is 10.3. The fourth-order valence-corrected chi connectivity index (χ4v) is 1.14. The molecule has 0 aliphatic carbocycles. The molecule has 0 bridgehead atoms. The molecule has 2 N–H and O–H groups in total. The van der Waals surface area contributed by atoms with Crippen molar-refractivity contribution in [3.63, 3.8) is 0 Å². The molecule has 0 aromatic heterocycles. The highest BCUT2D eigenvalue weighted by Gasteiger charge is 2.02. The SMILES string of the molecule is C=CC(=O)Nc1ccc(Br)cc1O. The van der Waals surface area contributed by atoms with Gasteiger partial charge in [0.25, 0.3) is 0 Å². The molecule has 0 fully saturated rings. The van der Waals surface area contributed by atoms with E-state index in [9.17, 15) is 9.90 Å². The topological polar surface area (TPSA) is 49.3 Å². The van der Waals surface area contributed by atoms with Crippen LogP contribution in [-0.4, -0.2) is 11.0 Å². The summed E-state index contributed by atoms with van der Waals surface area (Å²) in [6.07, 6.45) is 1.14. The van der Waals surface area contributed by atoms with E-state index < -0.39 is 0 Å². The van der Waals surface area contributed by atoms with Crippen LogP contribution in [0.4, 0.5) is 5.69 Å². The predicted molar refractivity (Wildman–Crippen MR) is 54.6 cm³/mol. The van der Waals surface area contributed by atoms with Crippen molar-refractivity contribution in [3.05, 3.63) is 35.3 Å². The lowest BCUT2D eigenvalue weighted by molar-refractivity contribution is -0.111. The Hall–Kier alpha value is -1.29. The normalized spacial score (nSPS) is 9.31. The van der Waals surface area contributed by atoms with Crippen molar-refractivity contribution in [2.24, 2.45) is 0 Å². The van der Waals surface area contributed by atoms with Gasteiger partial charge in [-0.2, -0.15) is 0 Å². The Morgan fingerprint density at radius 1 is 1.62 bits per heavy atom. The summed E-state index contributed by atoms with van der Waals surface area (Å²) in [7, 11) is 0. The average Bonchev–Trinajstić information content (AvgIpc) is 2.09. The highest BCUT2D eigenvalue weighted by Crippen LogP contribution is 2.26. The first-order valence-corrected chi connectivity index (χ1v) is 4.34. The molecule has 0 heterocycles. The number of amides is 1. The molecule has 13 heavy (non-hydrogen) atoms. The zero-order valence-electron chi connectivity index (χ0n) is 6.75. The molecule has 0 spiro atoms. The Morgan fingerprint density at radius 2 is 2.31 bits per heavy atom. The van der Waals surface area contributed by atoms with E-state index in [-0.39, 0.29) is 11.7 Å². The highest BCUT2D eigenvalue weighted by molar-refractivity contribution is 9.10. The number of nitrogens with one attached hydrogen (secondary N) is 1. The number of benzene rings is 1. The molecule has 0 saturated heterocycles. The highest BCUT2D eigenvalue weighted by atomic mass is 79.9. The molecule has 0 radical (unpaired) electrons. The summed E-state index contributed by atoms with van der Waals surface area (Å²) in [6, 6.07) is 4.82. The number of anilines is 1. The monoisotopic (exact) mass is 241 g/mol. The van der Waals surface area contributed by atoms with Gasteiger partial charge in [-0.05, 0) is 24.3 Å². The van der Waals surface area contributed by atoms with Gasteiger partial charge in [0.2, 0.25) is 5.91 Å². The van der Waals surface area contributed by atoms with E-state index in [1.807, 2.05) is 0 Å². The van der Waals surface area contributed by atoms with E-state index in [0.29, 0.717) is 5.69 Å². The Labute approximate surface area is 84.2 Å². The second kappa shape index (κ2) is 4.09. The smallest absolute Gasteiger partial charge is 0.247 e. The number of phenolic OH excluding ortho intramolecular Hbond substituents is 1. The van der Waals surface area contributed by atoms with Crippen molar-refractivity contribution in [1.29, 1.82) is 0 Å². The lowest BCUT2D eigenvalue weighted by Gasteiger charge is -2.04. The summed E-state index contributed by atoms with van der Waals surface area (Å²) < 4.78 is 0.751. The van der Waals surface area contributed by atoms with E-state index in [4.69, 9.17) is 0 Å². The minimum Gasteiger partial charge on any atom is -0.506 e. The van der Waals surface area contributed by atoms with Gasteiger partial charge in [0.1, 0.15) is 5.75 Å². The molecule has 1 rings (SSSR count). The molecular weight excluding hydrogens is 234 g/mol. The number of carbonyl (C=O) groups excluding carboxylic acids is 1. The Bertz CT molecular complexity index is 349. The van der Waals surface area contributed by atoms with Gasteiger partial charge in [-0.15, -0.1) is 0 Å². The van der Waals surface area contributed by atoms with Crippen LogP contribution in [0.1, 0.15) is 0 Å². The van der Waals surface area contributed by atoms with E-state index >= 15 is 0 Å². The number of carbonyl (C=O) groups is 1. The van der Waals surface area contributed by atoms with Gasteiger partial charge in [-0.3, -0.25) is 4.79 Å². The Kier molecular flexibility index (Phi) is 3.08. The average molecular weight is 242 g/mol. The maximum atomic E-state index is 10.9. The second-order valence-corrected chi connectivity index (χ2v) is 3.27. The summed E-state index contributed by atoms with van der Waals surface area (Å²) in [5, 5.41) is 11.8. The third-order valence-corrected chi connectivity index (χ3v) is 1.90. The number of hydrogen-bond donors (Lipinski definition) is 2. The maximum Gasteiger partial charge on any atom is 0.247 e. The van der Waals surface area contributed by atoms with Crippen LogP contribution in [0.3, 0.4) is 0 Å². The van der Waals surface area contributed by atoms with E-state index in [2.05, 4.69) is 27.8 Å². The predicted octanol–water partition coefficient (Wildman–Crippen LogP) is 2.28. The lowest BCUT2D eigenvalue weighted by Crippen LogP contribution is -2.07. The first-order valence-electron chi connectivity index (χ1n) is 3.55. The maximum absolute atomic E-state index is 10.9. The molecule has 0 aliphatic heterocycles. The number of aromatic hydroxyl groups is 1. The number of hydrogen-bond acceptors (Lipinski definition) is 2. The third-order valence-electron chi connectivity index (χ3n) is 1.40. The van der Waals surface area contributed by atoms with Crippen molar-refractivity contribution >= 4 is 27.5 Å². The molecule has 0 atom stereocenters. The number of halogens is 1. The van der Waals surface area contributed by atoms with Crippen molar-refractivity contribution in [2.75, 3.05) is 5.32 Å². The molecule has 0 unspecified atom stereocenters. The molecule has 1 amide bonds. The minimum atomic E-state index is -0.349. The van der Waals surface area contributed by atoms with Crippen LogP contribution in [0.25, 0.3) is 0 Å². The summed E-state index contributed by atoms with van der Waals surface area (Å²) in [5.41, 5.74) is 0.369. The molecule has 0 saturated carbocycles. The Balaban J connectivity index is 2.89. The van der Waals surface area contributed by atoms with Crippen LogP contribution in [-0.2, 0) is 4.79 Å². The largest absolute Gasteiger partial charge is 0.506 e. The van der Waals surface area contributed by atoms with E-state index in [1.54, 1.807) is 12.1 Å². The molecule has 1 aromatic rings. The van der Waals surface area contributed by atoms with Gasteiger partial charge in [0.05, 0.1) is 5.69 Å². The number of rotatable bonds is 2. The molecule has 68 valence electrons. The number of phenols is 1. The molecular formula is C9H8BrNO2. The summed E-state index contributed by atoms with van der Waals surface area (Å²) in [6.45, 7) is 3.30. The van der Waals surface area contributed by atoms with Crippen LogP contribution < -0.4 is 5.32 Å². The molecule has 0 aliphatic rings. The van der Waals surface area contributed by atoms with Crippen LogP contribution in [0.15, 0.2) is 35.3 Å². The van der Waals surface area contributed by atoms with Crippen LogP contribution in [0.5, 0.6) is 5.75 Å². The first kappa shape index (κ1) is 9.80. The van der Waals surface area contributed by atoms with Crippen molar-refractivity contribution in [2.45, 2.75) is 0 Å². The Morgan fingerprint density at radius 3 is 2.85 bits per heavy atom. The van der Waals surface area contributed by atoms with Gasteiger partial charge in [-0.1, -0.05) is 22.5 Å². The van der Waals surface area contributed by atoms with Gasteiger partial charge >= 0.3 is 0 Å². The van der Waals surface area contributed by atoms with Crippen LogP contribution >= 0.6 is 15.9 Å². The third kappa shape index (κ3) is 2.59. The van der Waals surface area contributed by atoms with Gasteiger partial charge in [0, 0.05) is 4.47 Å². The van der Waals surface area contributed by atoms with Crippen LogP contribution in [0, 0.1) is 0 Å². The fourth-order valence-electron chi connectivity index (χ4n) is 0.794. The van der Waals surface area contributed by atoms with Crippen molar-refractivity contribution in [1.82, 2.24) is 0 Å². The van der Waals surface area contributed by atoms with Gasteiger partial charge < -0.3 is 10.4 Å². The van der Waals surface area contributed by atoms with E-state index in [1.165, 1.54) is 6.07 Å². The standard InChI is InChI=1S/C9H8BrNO2/c1-2-9(13)11-7-4-3-6(10)5-8(7)12/h2-5,12H,1H2,(H,11,13). The van der Waals surface area contributed by atoms with E-state index in [0.717, 1.165) is 10.5 Å². The zero-order valence-corrected chi connectivity index (χ0v) is 8.34. The van der Waals surface area contributed by atoms with Gasteiger partial charge in [-0.25, -0.2) is 0 Å².